The van der Waals surface area contributed by atoms with Crippen LogP contribution in [0, 0.1) is 11.7 Å². The minimum absolute atomic E-state index is 0.126. The maximum absolute atomic E-state index is 14.4. The number of benzene rings is 1. The van der Waals surface area contributed by atoms with Gasteiger partial charge in [-0.25, -0.2) is 9.18 Å². The van der Waals surface area contributed by atoms with Gasteiger partial charge in [0.15, 0.2) is 0 Å². The molecule has 1 aromatic rings. The van der Waals surface area contributed by atoms with E-state index in [4.69, 9.17) is 4.74 Å². The topological polar surface area (TPSA) is 61.9 Å². The van der Waals surface area contributed by atoms with Crippen LogP contribution >= 0.6 is 0 Å². The second kappa shape index (κ2) is 9.26. The molecule has 1 unspecified atom stereocenters. The number of hydrogen-bond acceptors (Lipinski definition) is 4. The predicted molar refractivity (Wildman–Crippen MR) is 108 cm³/mol. The molecule has 0 aliphatic carbocycles. The molecule has 0 aromatic heterocycles. The van der Waals surface area contributed by atoms with E-state index in [-0.39, 0.29) is 24.2 Å². The minimum atomic E-state index is -0.557. The Hall–Kier alpha value is -2.31. The summed E-state index contributed by atoms with van der Waals surface area (Å²) in [4.78, 5) is 28.1. The number of carbonyl (C=O) groups excluding carboxylic acids is 2. The molecule has 0 bridgehead atoms. The zero-order chi connectivity index (χ0) is 20.9. The van der Waals surface area contributed by atoms with Crippen molar-refractivity contribution in [2.45, 2.75) is 53.2 Å². The van der Waals surface area contributed by atoms with Crippen molar-refractivity contribution in [3.63, 3.8) is 0 Å². The summed E-state index contributed by atoms with van der Waals surface area (Å²) >= 11 is 0. The molecule has 0 spiro atoms. The molecule has 0 radical (unpaired) electrons. The summed E-state index contributed by atoms with van der Waals surface area (Å²) in [5, 5.41) is 2.85. The zero-order valence-electron chi connectivity index (χ0n) is 17.5. The van der Waals surface area contributed by atoms with Crippen LogP contribution in [0.1, 0.15) is 46.6 Å². The maximum atomic E-state index is 14.4. The fourth-order valence-electron chi connectivity index (χ4n) is 3.28. The molecule has 6 nitrogen and oxygen atoms in total. The van der Waals surface area contributed by atoms with E-state index in [0.29, 0.717) is 30.8 Å². The summed E-state index contributed by atoms with van der Waals surface area (Å²) in [6, 6.07) is 5.05. The van der Waals surface area contributed by atoms with E-state index < -0.39 is 11.7 Å². The van der Waals surface area contributed by atoms with Gasteiger partial charge in [0.25, 0.3) is 0 Å². The van der Waals surface area contributed by atoms with E-state index in [1.54, 1.807) is 11.0 Å². The van der Waals surface area contributed by atoms with Gasteiger partial charge in [0.1, 0.15) is 11.4 Å². The lowest BCUT2D eigenvalue weighted by Gasteiger charge is -2.24. The second-order valence-electron chi connectivity index (χ2n) is 8.09. The van der Waals surface area contributed by atoms with Gasteiger partial charge >= 0.3 is 6.09 Å². The van der Waals surface area contributed by atoms with Crippen molar-refractivity contribution in [3.8, 4) is 0 Å². The molecule has 2 rings (SSSR count). The molecular weight excluding hydrogens is 361 g/mol. The lowest BCUT2D eigenvalue weighted by Crippen LogP contribution is -2.37. The summed E-state index contributed by atoms with van der Waals surface area (Å²) in [6.45, 7) is 12.0. The van der Waals surface area contributed by atoms with Crippen molar-refractivity contribution >= 4 is 17.7 Å². The Bertz CT molecular complexity index is 699. The van der Waals surface area contributed by atoms with E-state index in [0.717, 1.165) is 13.1 Å². The van der Waals surface area contributed by atoms with Crippen molar-refractivity contribution in [3.05, 3.63) is 29.6 Å². The molecular formula is C21H32FN3O3. The van der Waals surface area contributed by atoms with Crippen LogP contribution in [0.15, 0.2) is 18.2 Å². The molecule has 1 heterocycles. The first-order valence-corrected chi connectivity index (χ1v) is 9.93. The van der Waals surface area contributed by atoms with E-state index >= 15 is 0 Å². The maximum Gasteiger partial charge on any atom is 0.410 e. The molecule has 156 valence electrons. The number of nitrogens with zero attached hydrogens (tertiary/aromatic N) is 2. The zero-order valence-corrected chi connectivity index (χ0v) is 17.5. The summed E-state index contributed by atoms with van der Waals surface area (Å²) in [7, 11) is 0. The summed E-state index contributed by atoms with van der Waals surface area (Å²) in [5.41, 5.74) is 0.728. The Morgan fingerprint density at radius 2 is 1.96 bits per heavy atom. The average Bonchev–Trinajstić information content (AvgIpc) is 3.11. The number of amides is 2. The Balaban J connectivity index is 1.87. The minimum Gasteiger partial charge on any atom is -0.444 e. The van der Waals surface area contributed by atoms with Crippen LogP contribution in [0.3, 0.4) is 0 Å². The molecule has 28 heavy (non-hydrogen) atoms. The largest absolute Gasteiger partial charge is 0.444 e. The lowest BCUT2D eigenvalue weighted by molar-refractivity contribution is -0.124. The van der Waals surface area contributed by atoms with Gasteiger partial charge in [0.2, 0.25) is 5.91 Å². The number of halogens is 1. The highest BCUT2D eigenvalue weighted by atomic mass is 19.1. The van der Waals surface area contributed by atoms with Crippen LogP contribution in [0.4, 0.5) is 14.9 Å². The SMILES string of the molecule is CCN(CC)c1ccc(CNC(=O)C2CCN(C(=O)OC(C)(C)C)C2)cc1F. The van der Waals surface area contributed by atoms with E-state index in [1.807, 2.05) is 45.6 Å². The average molecular weight is 394 g/mol. The molecule has 1 saturated heterocycles. The Morgan fingerprint density at radius 1 is 1.29 bits per heavy atom. The highest BCUT2D eigenvalue weighted by molar-refractivity contribution is 5.80. The van der Waals surface area contributed by atoms with Gasteiger partial charge in [-0.15, -0.1) is 0 Å². The number of rotatable bonds is 6. The summed E-state index contributed by atoms with van der Waals surface area (Å²) < 4.78 is 19.7. The number of nitrogens with one attached hydrogen (secondary N) is 1. The van der Waals surface area contributed by atoms with Gasteiger partial charge in [0.05, 0.1) is 11.6 Å². The first-order chi connectivity index (χ1) is 13.1. The first-order valence-electron chi connectivity index (χ1n) is 9.93. The Morgan fingerprint density at radius 3 is 2.54 bits per heavy atom. The smallest absolute Gasteiger partial charge is 0.410 e. The third-order valence-corrected chi connectivity index (χ3v) is 4.79. The fraction of sp³-hybridized carbons (Fsp3) is 0.619. The van der Waals surface area contributed by atoms with Gasteiger partial charge in [-0.1, -0.05) is 6.07 Å². The summed E-state index contributed by atoms with van der Waals surface area (Å²) in [5.74, 6) is -0.681. The monoisotopic (exact) mass is 393 g/mol. The molecule has 1 aromatic carbocycles. The van der Waals surface area contributed by atoms with Crippen LogP contribution in [0.5, 0.6) is 0 Å². The Kier molecular flexibility index (Phi) is 7.27. The van der Waals surface area contributed by atoms with Crippen molar-refractivity contribution in [1.29, 1.82) is 0 Å². The third-order valence-electron chi connectivity index (χ3n) is 4.79. The van der Waals surface area contributed by atoms with Gasteiger partial charge in [-0.2, -0.15) is 0 Å². The van der Waals surface area contributed by atoms with Crippen molar-refractivity contribution < 1.29 is 18.7 Å². The molecule has 2 amide bonds. The highest BCUT2D eigenvalue weighted by Gasteiger charge is 2.33. The first kappa shape index (κ1) is 22.0. The predicted octanol–water partition coefficient (Wildman–Crippen LogP) is 3.55. The lowest BCUT2D eigenvalue weighted by atomic mass is 10.1. The van der Waals surface area contributed by atoms with Crippen LogP contribution in [0.2, 0.25) is 0 Å². The summed E-state index contributed by atoms with van der Waals surface area (Å²) in [6.07, 6.45) is 0.206. The van der Waals surface area contributed by atoms with Gasteiger partial charge < -0.3 is 19.9 Å². The highest BCUT2D eigenvalue weighted by Crippen LogP contribution is 2.22. The Labute approximate surface area is 167 Å². The molecule has 1 aliphatic heterocycles. The quantitative estimate of drug-likeness (QED) is 0.803. The third kappa shape index (κ3) is 5.84. The fourth-order valence-corrected chi connectivity index (χ4v) is 3.28. The van der Waals surface area contributed by atoms with Crippen LogP contribution in [-0.4, -0.2) is 48.7 Å². The number of ether oxygens (including phenoxy) is 1. The van der Waals surface area contributed by atoms with Crippen LogP contribution < -0.4 is 10.2 Å². The van der Waals surface area contributed by atoms with Crippen molar-refractivity contribution in [1.82, 2.24) is 10.2 Å². The standard InChI is InChI=1S/C21H32FN3O3/c1-6-24(7-2)18-9-8-15(12-17(18)22)13-23-19(26)16-10-11-25(14-16)20(27)28-21(3,4)5/h8-9,12,16H,6-7,10-11,13-14H2,1-5H3,(H,23,26). The normalized spacial score (nSPS) is 16.8. The van der Waals surface area contributed by atoms with Gasteiger partial charge in [0, 0.05) is 32.7 Å². The number of carbonyl (C=O) groups is 2. The number of hydrogen-bond donors (Lipinski definition) is 1. The van der Waals surface area contributed by atoms with Crippen LogP contribution in [0.25, 0.3) is 0 Å². The number of likely N-dealkylation sites (tertiary alicyclic amines) is 1. The molecule has 7 heteroatoms. The van der Waals surface area contributed by atoms with E-state index in [9.17, 15) is 14.0 Å². The molecule has 1 atom stereocenters. The second-order valence-corrected chi connectivity index (χ2v) is 8.09. The molecule has 1 fully saturated rings. The van der Waals surface area contributed by atoms with Gasteiger partial charge in [-0.05, 0) is 58.7 Å². The number of anilines is 1. The van der Waals surface area contributed by atoms with E-state index in [2.05, 4.69) is 5.32 Å². The van der Waals surface area contributed by atoms with Gasteiger partial charge in [-0.3, -0.25) is 4.79 Å². The van der Waals surface area contributed by atoms with E-state index in [1.165, 1.54) is 6.07 Å². The van der Waals surface area contributed by atoms with Crippen LogP contribution in [-0.2, 0) is 16.1 Å². The molecule has 0 saturated carbocycles. The molecule has 1 N–H and O–H groups in total. The van der Waals surface area contributed by atoms with Crippen molar-refractivity contribution in [2.75, 3.05) is 31.1 Å². The molecule has 1 aliphatic rings. The van der Waals surface area contributed by atoms with Crippen molar-refractivity contribution in [2.24, 2.45) is 5.92 Å².